The maximum atomic E-state index is 5.88. The van der Waals surface area contributed by atoms with Crippen molar-refractivity contribution in [3.63, 3.8) is 0 Å². The standard InChI is InChI=1S/C7H4ClN4/c8-6-4-2-1-3-5(6)7-9-11-12-10-7/h1-4H. The molecule has 1 aromatic carbocycles. The highest BCUT2D eigenvalue weighted by Crippen LogP contribution is 2.17. The number of hydrogen-bond acceptors (Lipinski definition) is 3. The molecular formula is C7H4ClN4. The minimum Gasteiger partial charge on any atom is -0.106 e. The van der Waals surface area contributed by atoms with Crippen LogP contribution < -0.4 is 5.53 Å². The molecule has 0 saturated heterocycles. The van der Waals surface area contributed by atoms with Gasteiger partial charge in [0.15, 0.2) is 0 Å². The van der Waals surface area contributed by atoms with Crippen molar-refractivity contribution in [1.29, 1.82) is 0 Å². The van der Waals surface area contributed by atoms with Gasteiger partial charge in [0.2, 0.25) is 5.84 Å². The van der Waals surface area contributed by atoms with Crippen molar-refractivity contribution in [2.45, 2.75) is 0 Å². The van der Waals surface area contributed by atoms with Gasteiger partial charge in [0.05, 0.1) is 5.02 Å². The van der Waals surface area contributed by atoms with Crippen LogP contribution in [0.2, 0.25) is 5.02 Å². The van der Waals surface area contributed by atoms with E-state index >= 15 is 0 Å². The van der Waals surface area contributed by atoms with E-state index in [0.717, 1.165) is 5.56 Å². The number of amidine groups is 1. The lowest BCUT2D eigenvalue weighted by molar-refractivity contribution is 0.780. The summed E-state index contributed by atoms with van der Waals surface area (Å²) in [6, 6.07) is 7.29. The molecule has 0 fully saturated rings. The lowest BCUT2D eigenvalue weighted by Crippen LogP contribution is -1.94. The fraction of sp³-hybridized carbons (Fsp3) is 0. The van der Waals surface area contributed by atoms with Gasteiger partial charge in [-0.2, -0.15) is 0 Å². The first kappa shape index (κ1) is 7.24. The van der Waals surface area contributed by atoms with E-state index in [-0.39, 0.29) is 0 Å². The molecule has 0 aromatic heterocycles. The van der Waals surface area contributed by atoms with Crippen LogP contribution in [0.15, 0.2) is 39.7 Å². The highest BCUT2D eigenvalue weighted by Gasteiger charge is 2.10. The molecule has 0 aliphatic carbocycles. The van der Waals surface area contributed by atoms with Crippen LogP contribution >= 0.6 is 11.6 Å². The summed E-state index contributed by atoms with van der Waals surface area (Å²) in [7, 11) is 0. The van der Waals surface area contributed by atoms with Gasteiger partial charge in [-0.15, -0.1) is 10.2 Å². The molecule has 1 radical (unpaired) electrons. The first-order valence-electron chi connectivity index (χ1n) is 3.31. The van der Waals surface area contributed by atoms with Gasteiger partial charge < -0.3 is 0 Å². The second-order valence-corrected chi connectivity index (χ2v) is 2.59. The van der Waals surface area contributed by atoms with E-state index in [2.05, 4.69) is 21.0 Å². The van der Waals surface area contributed by atoms with Gasteiger partial charge in [-0.25, -0.2) is 0 Å². The van der Waals surface area contributed by atoms with Crippen LogP contribution in [0.5, 0.6) is 0 Å². The summed E-state index contributed by atoms with van der Waals surface area (Å²) in [6.45, 7) is 0. The summed E-state index contributed by atoms with van der Waals surface area (Å²) in [5.74, 6) is 0.459. The molecular weight excluding hydrogens is 176 g/mol. The third-order valence-corrected chi connectivity index (χ3v) is 1.76. The zero-order valence-corrected chi connectivity index (χ0v) is 6.73. The van der Waals surface area contributed by atoms with E-state index in [1.807, 2.05) is 18.2 Å². The summed E-state index contributed by atoms with van der Waals surface area (Å²) in [6.07, 6.45) is 0. The first-order valence-corrected chi connectivity index (χ1v) is 3.69. The zero-order valence-electron chi connectivity index (χ0n) is 5.98. The number of benzene rings is 1. The molecule has 0 atom stereocenters. The van der Waals surface area contributed by atoms with Crippen LogP contribution in [-0.2, 0) is 0 Å². The normalized spacial score (nSPS) is 14.2. The molecule has 0 saturated carbocycles. The molecule has 1 heterocycles. The average molecular weight is 180 g/mol. The number of hydrogen-bond donors (Lipinski definition) is 0. The molecule has 1 aliphatic heterocycles. The Morgan fingerprint density at radius 1 is 1.17 bits per heavy atom. The molecule has 2 rings (SSSR count). The predicted molar refractivity (Wildman–Crippen MR) is 45.0 cm³/mol. The van der Waals surface area contributed by atoms with E-state index in [0.29, 0.717) is 10.9 Å². The molecule has 1 aliphatic rings. The molecule has 4 nitrogen and oxygen atoms in total. The summed E-state index contributed by atoms with van der Waals surface area (Å²) >= 11 is 5.88. The Morgan fingerprint density at radius 2 is 2.00 bits per heavy atom. The maximum absolute atomic E-state index is 5.88. The molecule has 0 N–H and O–H groups in total. The summed E-state index contributed by atoms with van der Waals surface area (Å²) in [5, 5.41) is 11.4. The van der Waals surface area contributed by atoms with Crippen LogP contribution in [-0.4, -0.2) is 5.84 Å². The van der Waals surface area contributed by atoms with E-state index < -0.39 is 0 Å². The van der Waals surface area contributed by atoms with Gasteiger partial charge in [0.25, 0.3) is 0 Å². The van der Waals surface area contributed by atoms with Crippen LogP contribution in [0.25, 0.3) is 0 Å². The summed E-state index contributed by atoms with van der Waals surface area (Å²) in [5.41, 5.74) is 4.12. The smallest absolute Gasteiger partial charge is 0.106 e. The van der Waals surface area contributed by atoms with Crippen molar-refractivity contribution in [1.82, 2.24) is 5.53 Å². The largest absolute Gasteiger partial charge is 0.208 e. The third-order valence-electron chi connectivity index (χ3n) is 1.43. The Bertz CT molecular complexity index is 358. The minimum absolute atomic E-state index is 0.459. The predicted octanol–water partition coefficient (Wildman–Crippen LogP) is 1.99. The van der Waals surface area contributed by atoms with Crippen LogP contribution in [0.1, 0.15) is 5.56 Å². The van der Waals surface area contributed by atoms with Crippen LogP contribution in [0, 0.1) is 0 Å². The second kappa shape index (κ2) is 2.91. The first-order chi connectivity index (χ1) is 5.88. The van der Waals surface area contributed by atoms with Crippen LogP contribution in [0.3, 0.4) is 0 Å². The Morgan fingerprint density at radius 3 is 2.67 bits per heavy atom. The quantitative estimate of drug-likeness (QED) is 0.633. The number of rotatable bonds is 1. The third kappa shape index (κ3) is 1.16. The number of nitrogens with zero attached hydrogens (tertiary/aromatic N) is 4. The second-order valence-electron chi connectivity index (χ2n) is 2.18. The summed E-state index contributed by atoms with van der Waals surface area (Å²) in [4.78, 5) is 0. The highest BCUT2D eigenvalue weighted by molar-refractivity contribution is 6.34. The van der Waals surface area contributed by atoms with Crippen molar-refractivity contribution < 1.29 is 0 Å². The molecule has 0 spiro atoms. The van der Waals surface area contributed by atoms with Crippen molar-refractivity contribution in [2.24, 2.45) is 15.4 Å². The van der Waals surface area contributed by atoms with Crippen molar-refractivity contribution in [3.05, 3.63) is 34.9 Å². The lowest BCUT2D eigenvalue weighted by atomic mass is 10.2. The van der Waals surface area contributed by atoms with Crippen molar-refractivity contribution >= 4 is 17.4 Å². The van der Waals surface area contributed by atoms with Crippen LogP contribution in [0.4, 0.5) is 0 Å². The van der Waals surface area contributed by atoms with Crippen molar-refractivity contribution in [3.8, 4) is 0 Å². The maximum Gasteiger partial charge on any atom is 0.208 e. The van der Waals surface area contributed by atoms with Gasteiger partial charge >= 0.3 is 0 Å². The van der Waals surface area contributed by atoms with Gasteiger partial charge in [-0.3, -0.25) is 0 Å². The lowest BCUT2D eigenvalue weighted by Gasteiger charge is -1.96. The van der Waals surface area contributed by atoms with Gasteiger partial charge in [0.1, 0.15) is 0 Å². The molecule has 5 heteroatoms. The fourth-order valence-electron chi connectivity index (χ4n) is 0.895. The molecule has 59 valence electrons. The monoisotopic (exact) mass is 179 g/mol. The Balaban J connectivity index is 2.46. The molecule has 12 heavy (non-hydrogen) atoms. The highest BCUT2D eigenvalue weighted by atomic mass is 35.5. The average Bonchev–Trinajstić information content (AvgIpc) is 2.57. The molecule has 0 amide bonds. The fourth-order valence-corrected chi connectivity index (χ4v) is 1.12. The Labute approximate surface area is 73.9 Å². The van der Waals surface area contributed by atoms with Gasteiger partial charge in [0, 0.05) is 5.56 Å². The van der Waals surface area contributed by atoms with Crippen molar-refractivity contribution in [2.75, 3.05) is 0 Å². The van der Waals surface area contributed by atoms with Gasteiger partial charge in [-0.1, -0.05) is 23.7 Å². The van der Waals surface area contributed by atoms with E-state index in [4.69, 9.17) is 11.6 Å². The molecule has 1 aromatic rings. The Hall–Kier alpha value is -1.42. The molecule has 0 unspecified atom stereocenters. The molecule has 0 bridgehead atoms. The minimum atomic E-state index is 0.459. The van der Waals surface area contributed by atoms with E-state index in [1.54, 1.807) is 6.07 Å². The number of halogens is 1. The van der Waals surface area contributed by atoms with E-state index in [1.165, 1.54) is 0 Å². The Kier molecular flexibility index (Phi) is 1.75. The van der Waals surface area contributed by atoms with E-state index in [9.17, 15) is 0 Å². The van der Waals surface area contributed by atoms with Gasteiger partial charge in [-0.05, 0) is 22.9 Å². The SMILES string of the molecule is Clc1ccccc1C1=N[N]N=N1. The topological polar surface area (TPSA) is 51.2 Å². The summed E-state index contributed by atoms with van der Waals surface area (Å²) < 4.78 is 0. The zero-order chi connectivity index (χ0) is 8.39.